The third-order valence-corrected chi connectivity index (χ3v) is 2.52. The molecule has 0 bridgehead atoms. The Morgan fingerprint density at radius 2 is 2.10 bits per heavy atom. The molecule has 0 amide bonds. The van der Waals surface area contributed by atoms with Gasteiger partial charge < -0.3 is 10.1 Å². The predicted molar refractivity (Wildman–Crippen MR) is 80.0 cm³/mol. The van der Waals surface area contributed by atoms with Crippen LogP contribution in [-0.2, 0) is 6.54 Å². The van der Waals surface area contributed by atoms with Crippen LogP contribution in [0.15, 0.2) is 30.4 Å². The number of nitro groups is 1. The van der Waals surface area contributed by atoms with Gasteiger partial charge in [0.2, 0.25) is 0 Å². The second-order valence-electron chi connectivity index (χ2n) is 5.91. The number of nitro benzene ring substituents is 1. The van der Waals surface area contributed by atoms with Crippen molar-refractivity contribution in [3.05, 3.63) is 46.0 Å². The van der Waals surface area contributed by atoms with Gasteiger partial charge in [0.1, 0.15) is 6.61 Å². The van der Waals surface area contributed by atoms with Crippen molar-refractivity contribution in [2.75, 3.05) is 6.61 Å². The van der Waals surface area contributed by atoms with Crippen LogP contribution in [0.25, 0.3) is 0 Å². The predicted octanol–water partition coefficient (Wildman–Crippen LogP) is 3.44. The van der Waals surface area contributed by atoms with Crippen molar-refractivity contribution in [3.8, 4) is 5.75 Å². The monoisotopic (exact) mass is 278 g/mol. The summed E-state index contributed by atoms with van der Waals surface area (Å²) in [5, 5.41) is 14.4. The number of nitrogens with one attached hydrogen (secondary N) is 1. The highest BCUT2D eigenvalue weighted by Gasteiger charge is 2.17. The summed E-state index contributed by atoms with van der Waals surface area (Å²) in [6.45, 7) is 12.5. The Balaban J connectivity index is 2.89. The minimum Gasteiger partial charge on any atom is -0.482 e. The molecule has 0 aliphatic rings. The van der Waals surface area contributed by atoms with E-state index in [-0.39, 0.29) is 23.6 Å². The van der Waals surface area contributed by atoms with Gasteiger partial charge in [-0.1, -0.05) is 12.6 Å². The molecule has 1 N–H and O–H groups in total. The van der Waals surface area contributed by atoms with Crippen molar-refractivity contribution in [2.24, 2.45) is 0 Å². The van der Waals surface area contributed by atoms with E-state index in [1.165, 1.54) is 0 Å². The first-order chi connectivity index (χ1) is 9.19. The average molecular weight is 278 g/mol. The van der Waals surface area contributed by atoms with Crippen LogP contribution in [0.1, 0.15) is 33.3 Å². The minimum absolute atomic E-state index is 0.0144. The summed E-state index contributed by atoms with van der Waals surface area (Å²) in [6, 6.07) is 5.02. The van der Waals surface area contributed by atoms with Gasteiger partial charge in [-0.05, 0) is 44.9 Å². The van der Waals surface area contributed by atoms with E-state index in [2.05, 4.69) is 11.9 Å². The molecule has 0 aromatic heterocycles. The number of nitrogens with zero attached hydrogens (tertiary/aromatic N) is 1. The molecule has 0 aliphatic carbocycles. The Bertz CT molecular complexity index is 504. The fourth-order valence-electron chi connectivity index (χ4n) is 1.51. The maximum absolute atomic E-state index is 11.1. The first-order valence-electron chi connectivity index (χ1n) is 6.48. The molecule has 1 rings (SSSR count). The van der Waals surface area contributed by atoms with E-state index in [0.29, 0.717) is 6.54 Å². The molecule has 5 heteroatoms. The molecule has 0 spiro atoms. The summed E-state index contributed by atoms with van der Waals surface area (Å²) in [5.74, 6) is 0.275. The van der Waals surface area contributed by atoms with Gasteiger partial charge in [0, 0.05) is 18.2 Å². The minimum atomic E-state index is -0.422. The fourth-order valence-corrected chi connectivity index (χ4v) is 1.51. The molecule has 0 saturated carbocycles. The number of hydrogen-bond donors (Lipinski definition) is 1. The lowest BCUT2D eigenvalue weighted by Crippen LogP contribution is -2.35. The van der Waals surface area contributed by atoms with Crippen molar-refractivity contribution in [2.45, 2.75) is 39.8 Å². The Labute approximate surface area is 119 Å². The second-order valence-corrected chi connectivity index (χ2v) is 5.91. The normalized spacial score (nSPS) is 11.2. The number of rotatable bonds is 6. The maximum atomic E-state index is 11.1. The van der Waals surface area contributed by atoms with E-state index in [0.717, 1.165) is 11.1 Å². The van der Waals surface area contributed by atoms with Crippen LogP contribution in [0, 0.1) is 10.1 Å². The molecule has 0 saturated heterocycles. The largest absolute Gasteiger partial charge is 0.482 e. The highest BCUT2D eigenvalue weighted by Crippen LogP contribution is 2.28. The Hall–Kier alpha value is -1.88. The van der Waals surface area contributed by atoms with Crippen LogP contribution >= 0.6 is 0 Å². The van der Waals surface area contributed by atoms with E-state index in [1.807, 2.05) is 33.8 Å². The van der Waals surface area contributed by atoms with Gasteiger partial charge in [-0.3, -0.25) is 10.1 Å². The Morgan fingerprint density at radius 1 is 1.45 bits per heavy atom. The van der Waals surface area contributed by atoms with Crippen LogP contribution in [0.5, 0.6) is 5.75 Å². The first kappa shape index (κ1) is 16.2. The van der Waals surface area contributed by atoms with Crippen molar-refractivity contribution in [1.29, 1.82) is 0 Å². The van der Waals surface area contributed by atoms with Crippen molar-refractivity contribution in [3.63, 3.8) is 0 Å². The quantitative estimate of drug-likeness (QED) is 0.492. The van der Waals surface area contributed by atoms with Crippen molar-refractivity contribution < 1.29 is 9.66 Å². The van der Waals surface area contributed by atoms with Gasteiger partial charge >= 0.3 is 5.69 Å². The van der Waals surface area contributed by atoms with E-state index in [9.17, 15) is 10.1 Å². The van der Waals surface area contributed by atoms with E-state index < -0.39 is 4.92 Å². The summed E-state index contributed by atoms with van der Waals surface area (Å²) in [6.07, 6.45) is 0. The Kier molecular flexibility index (Phi) is 5.27. The fraction of sp³-hybridized carbons (Fsp3) is 0.467. The summed E-state index contributed by atoms with van der Waals surface area (Å²) in [4.78, 5) is 10.7. The van der Waals surface area contributed by atoms with Gasteiger partial charge in [0.15, 0.2) is 5.75 Å². The molecule has 0 fully saturated rings. The zero-order valence-corrected chi connectivity index (χ0v) is 12.5. The van der Waals surface area contributed by atoms with E-state index in [4.69, 9.17) is 4.74 Å². The summed E-state index contributed by atoms with van der Waals surface area (Å²) >= 11 is 0. The lowest BCUT2D eigenvalue weighted by Gasteiger charge is -2.20. The third kappa shape index (κ3) is 5.40. The van der Waals surface area contributed by atoms with E-state index >= 15 is 0 Å². The SMILES string of the molecule is C=C(C)COc1ccc(CNC(C)(C)C)cc1[N+](=O)[O-]. The third-order valence-electron chi connectivity index (χ3n) is 2.52. The van der Waals surface area contributed by atoms with Crippen molar-refractivity contribution in [1.82, 2.24) is 5.32 Å². The average Bonchev–Trinajstić information content (AvgIpc) is 2.33. The molecule has 5 nitrogen and oxygen atoms in total. The van der Waals surface area contributed by atoms with Crippen LogP contribution in [0.3, 0.4) is 0 Å². The summed E-state index contributed by atoms with van der Waals surface area (Å²) in [7, 11) is 0. The zero-order chi connectivity index (χ0) is 15.3. The van der Waals surface area contributed by atoms with Gasteiger partial charge in [-0.25, -0.2) is 0 Å². The van der Waals surface area contributed by atoms with Crippen LogP contribution < -0.4 is 10.1 Å². The molecule has 0 unspecified atom stereocenters. The summed E-state index contributed by atoms with van der Waals surface area (Å²) < 4.78 is 5.40. The molecule has 0 heterocycles. The molecule has 110 valence electrons. The summed E-state index contributed by atoms with van der Waals surface area (Å²) in [5.41, 5.74) is 1.62. The highest BCUT2D eigenvalue weighted by atomic mass is 16.6. The van der Waals surface area contributed by atoms with Gasteiger partial charge in [-0.2, -0.15) is 0 Å². The molecule has 20 heavy (non-hydrogen) atoms. The molecular weight excluding hydrogens is 256 g/mol. The second kappa shape index (κ2) is 6.52. The molecule has 0 atom stereocenters. The Morgan fingerprint density at radius 3 is 2.60 bits per heavy atom. The maximum Gasteiger partial charge on any atom is 0.311 e. The van der Waals surface area contributed by atoms with Crippen LogP contribution in [-0.4, -0.2) is 17.1 Å². The smallest absolute Gasteiger partial charge is 0.311 e. The lowest BCUT2D eigenvalue weighted by molar-refractivity contribution is -0.385. The first-order valence-corrected chi connectivity index (χ1v) is 6.48. The van der Waals surface area contributed by atoms with Gasteiger partial charge in [0.05, 0.1) is 4.92 Å². The van der Waals surface area contributed by atoms with Gasteiger partial charge in [-0.15, -0.1) is 0 Å². The molecule has 1 aromatic rings. The van der Waals surface area contributed by atoms with Crippen LogP contribution in [0.2, 0.25) is 0 Å². The van der Waals surface area contributed by atoms with Crippen LogP contribution in [0.4, 0.5) is 5.69 Å². The standard InChI is InChI=1S/C15H22N2O3/c1-11(2)10-20-14-7-6-12(8-13(14)17(18)19)9-16-15(3,4)5/h6-8,16H,1,9-10H2,2-5H3. The lowest BCUT2D eigenvalue weighted by atomic mass is 10.1. The highest BCUT2D eigenvalue weighted by molar-refractivity contribution is 5.48. The van der Waals surface area contributed by atoms with Crippen molar-refractivity contribution >= 4 is 5.69 Å². The topological polar surface area (TPSA) is 64.4 Å². The van der Waals surface area contributed by atoms with Gasteiger partial charge in [0.25, 0.3) is 0 Å². The van der Waals surface area contributed by atoms with E-state index in [1.54, 1.807) is 12.1 Å². The molecule has 0 radical (unpaired) electrons. The molecule has 1 aromatic carbocycles. The molecular formula is C15H22N2O3. The zero-order valence-electron chi connectivity index (χ0n) is 12.5. The number of benzene rings is 1. The number of hydrogen-bond acceptors (Lipinski definition) is 4. The number of ether oxygens (including phenoxy) is 1. The molecule has 0 aliphatic heterocycles.